The molecule has 0 aliphatic carbocycles. The van der Waals surface area contributed by atoms with Gasteiger partial charge in [0.25, 0.3) is 0 Å². The topological polar surface area (TPSA) is 75.6 Å². The van der Waals surface area contributed by atoms with Gasteiger partial charge in [-0.25, -0.2) is 4.79 Å². The average molecular weight is 267 g/mol. The summed E-state index contributed by atoms with van der Waals surface area (Å²) in [6, 6.07) is 5.08. The number of esters is 1. The van der Waals surface area contributed by atoms with Gasteiger partial charge in [0.2, 0.25) is 5.91 Å². The third-order valence-electron chi connectivity index (χ3n) is 2.38. The van der Waals surface area contributed by atoms with Gasteiger partial charge in [-0.05, 0) is 18.2 Å². The van der Waals surface area contributed by atoms with Crippen molar-refractivity contribution in [3.8, 4) is 0 Å². The Kier molecular flexibility index (Phi) is 4.22. The fraction of sp³-hybridized carbons (Fsp3) is 0.333. The third-order valence-corrected chi connectivity index (χ3v) is 3.46. The Balaban J connectivity index is 2.08. The minimum atomic E-state index is -0.448. The number of amides is 1. The molecular weight excluding hydrogens is 254 g/mol. The summed E-state index contributed by atoms with van der Waals surface area (Å²) in [5, 5.41) is 11.3. The maximum atomic E-state index is 11.7. The number of ether oxygens (including phenoxy) is 1. The molecule has 1 heterocycles. The molecule has 1 amide bonds. The van der Waals surface area contributed by atoms with Crippen LogP contribution in [-0.4, -0.2) is 35.9 Å². The van der Waals surface area contributed by atoms with E-state index in [1.807, 2.05) is 0 Å². The van der Waals surface area contributed by atoms with Gasteiger partial charge in [-0.15, -0.1) is 11.8 Å². The molecule has 0 bridgehead atoms. The van der Waals surface area contributed by atoms with Gasteiger partial charge in [0, 0.05) is 17.9 Å². The zero-order valence-electron chi connectivity index (χ0n) is 9.64. The monoisotopic (exact) mass is 267 g/mol. The molecule has 1 aromatic rings. The van der Waals surface area contributed by atoms with Crippen LogP contribution < -0.4 is 5.32 Å². The number of anilines is 1. The van der Waals surface area contributed by atoms with Crippen molar-refractivity contribution >= 4 is 29.3 Å². The highest BCUT2D eigenvalue weighted by Crippen LogP contribution is 2.32. The van der Waals surface area contributed by atoms with Crippen LogP contribution in [0.2, 0.25) is 0 Å². The second-order valence-corrected chi connectivity index (χ2v) is 4.78. The number of hydrogen-bond acceptors (Lipinski definition) is 5. The summed E-state index contributed by atoms with van der Waals surface area (Å²) in [6.07, 6.45) is 0.420. The lowest BCUT2D eigenvalue weighted by atomic mass is 10.2. The molecule has 0 saturated heterocycles. The molecule has 0 saturated carbocycles. The lowest BCUT2D eigenvalue weighted by molar-refractivity contribution is -0.113. The minimum Gasteiger partial charge on any atom is -0.462 e. The highest BCUT2D eigenvalue weighted by Gasteiger charge is 2.17. The number of rotatable bonds is 4. The summed E-state index contributed by atoms with van der Waals surface area (Å²) in [7, 11) is 0. The predicted octanol–water partition coefficient (Wildman–Crippen LogP) is 1.27. The fourth-order valence-corrected chi connectivity index (χ4v) is 2.31. The molecule has 5 nitrogen and oxygen atoms in total. The van der Waals surface area contributed by atoms with Gasteiger partial charge in [0.15, 0.2) is 0 Å². The third kappa shape index (κ3) is 3.02. The van der Waals surface area contributed by atoms with Gasteiger partial charge >= 0.3 is 5.97 Å². The molecule has 1 aliphatic rings. The van der Waals surface area contributed by atoms with Crippen molar-refractivity contribution in [1.82, 2.24) is 0 Å². The van der Waals surface area contributed by atoms with Crippen LogP contribution in [0.4, 0.5) is 5.69 Å². The number of thioether (sulfide) groups is 1. The molecule has 96 valence electrons. The molecule has 0 radical (unpaired) electrons. The molecule has 0 unspecified atom stereocenters. The molecule has 0 atom stereocenters. The fourth-order valence-electron chi connectivity index (χ4n) is 1.52. The Labute approximate surface area is 109 Å². The maximum Gasteiger partial charge on any atom is 0.338 e. The number of fused-ring (bicyclic) bond motifs is 1. The van der Waals surface area contributed by atoms with Crippen molar-refractivity contribution in [1.29, 1.82) is 0 Å². The molecule has 0 aromatic heterocycles. The summed E-state index contributed by atoms with van der Waals surface area (Å²) in [5.41, 5.74) is 1.04. The van der Waals surface area contributed by atoms with Crippen molar-refractivity contribution < 1.29 is 19.4 Å². The minimum absolute atomic E-state index is 0.00976. The number of nitrogens with one attached hydrogen (secondary N) is 1. The number of aliphatic hydroxyl groups is 1. The molecule has 1 aromatic carbocycles. The second kappa shape index (κ2) is 5.88. The summed E-state index contributed by atoms with van der Waals surface area (Å²) < 4.78 is 4.97. The zero-order valence-corrected chi connectivity index (χ0v) is 10.5. The zero-order chi connectivity index (χ0) is 13.0. The predicted molar refractivity (Wildman–Crippen MR) is 67.8 cm³/mol. The Morgan fingerprint density at radius 2 is 2.33 bits per heavy atom. The maximum absolute atomic E-state index is 11.7. The highest BCUT2D eigenvalue weighted by atomic mass is 32.2. The molecule has 1 aliphatic heterocycles. The molecule has 2 rings (SSSR count). The molecular formula is C12H13NO4S. The van der Waals surface area contributed by atoms with Gasteiger partial charge in [0.1, 0.15) is 0 Å². The molecule has 6 heteroatoms. The van der Waals surface area contributed by atoms with Crippen molar-refractivity contribution in [3.63, 3.8) is 0 Å². The van der Waals surface area contributed by atoms with Crippen molar-refractivity contribution in [2.24, 2.45) is 0 Å². The first-order chi connectivity index (χ1) is 8.70. The van der Waals surface area contributed by atoms with Crippen LogP contribution in [-0.2, 0) is 9.53 Å². The lowest BCUT2D eigenvalue weighted by Crippen LogP contribution is -2.19. The highest BCUT2D eigenvalue weighted by molar-refractivity contribution is 8.00. The van der Waals surface area contributed by atoms with Gasteiger partial charge in [-0.1, -0.05) is 0 Å². The van der Waals surface area contributed by atoms with Crippen LogP contribution in [0.5, 0.6) is 0 Å². The number of carbonyl (C=O) groups excluding carboxylic acids is 2. The van der Waals surface area contributed by atoms with E-state index < -0.39 is 5.97 Å². The number of benzene rings is 1. The van der Waals surface area contributed by atoms with Gasteiger partial charge in [-0.2, -0.15) is 0 Å². The van der Waals surface area contributed by atoms with Crippen molar-refractivity contribution in [3.05, 3.63) is 23.8 Å². The van der Waals surface area contributed by atoms with Crippen LogP contribution in [0, 0.1) is 0 Å². The normalized spacial score (nSPS) is 13.7. The van der Waals surface area contributed by atoms with E-state index in [9.17, 15) is 9.59 Å². The largest absolute Gasteiger partial charge is 0.462 e. The standard InChI is InChI=1S/C12H13NO4S/c14-4-1-5-17-12(16)8-2-3-10-9(6-8)13-11(15)7-18-10/h2-3,6,14H,1,4-5,7H2,(H,13,15). The van der Waals surface area contributed by atoms with Crippen LogP contribution in [0.3, 0.4) is 0 Å². The van der Waals surface area contributed by atoms with E-state index in [-0.39, 0.29) is 19.1 Å². The van der Waals surface area contributed by atoms with Crippen LogP contribution >= 0.6 is 11.8 Å². The molecule has 0 spiro atoms. The van der Waals surface area contributed by atoms with Gasteiger partial charge in [0.05, 0.1) is 23.6 Å². The van der Waals surface area contributed by atoms with E-state index in [0.717, 1.165) is 4.90 Å². The van der Waals surface area contributed by atoms with Crippen molar-refractivity contribution in [2.75, 3.05) is 24.3 Å². The first-order valence-corrected chi connectivity index (χ1v) is 6.54. The lowest BCUT2D eigenvalue weighted by Gasteiger charge is -2.16. The van der Waals surface area contributed by atoms with E-state index in [1.165, 1.54) is 11.8 Å². The molecule has 0 fully saturated rings. The summed E-state index contributed by atoms with van der Waals surface area (Å²) in [4.78, 5) is 23.9. The Morgan fingerprint density at radius 3 is 3.11 bits per heavy atom. The van der Waals surface area contributed by atoms with Crippen LogP contribution in [0.15, 0.2) is 23.1 Å². The first-order valence-electron chi connectivity index (χ1n) is 5.55. The molecule has 18 heavy (non-hydrogen) atoms. The van der Waals surface area contributed by atoms with E-state index in [4.69, 9.17) is 9.84 Å². The van der Waals surface area contributed by atoms with E-state index in [1.54, 1.807) is 18.2 Å². The second-order valence-electron chi connectivity index (χ2n) is 3.76. The van der Waals surface area contributed by atoms with Gasteiger partial charge in [-0.3, -0.25) is 4.79 Å². The Hall–Kier alpha value is -1.53. The number of carbonyl (C=O) groups is 2. The SMILES string of the molecule is O=C1CSc2ccc(C(=O)OCCCO)cc2N1. The van der Waals surface area contributed by atoms with Gasteiger partial charge < -0.3 is 15.2 Å². The Morgan fingerprint density at radius 1 is 1.50 bits per heavy atom. The van der Waals surface area contributed by atoms with Crippen LogP contribution in [0.25, 0.3) is 0 Å². The quantitative estimate of drug-likeness (QED) is 0.634. The average Bonchev–Trinajstić information content (AvgIpc) is 2.38. The van der Waals surface area contributed by atoms with E-state index in [2.05, 4.69) is 5.32 Å². The smallest absolute Gasteiger partial charge is 0.338 e. The summed E-state index contributed by atoms with van der Waals surface area (Å²) in [5.74, 6) is -0.123. The van der Waals surface area contributed by atoms with Crippen molar-refractivity contribution in [2.45, 2.75) is 11.3 Å². The number of hydrogen-bond donors (Lipinski definition) is 2. The van der Waals surface area contributed by atoms with Crippen LogP contribution in [0.1, 0.15) is 16.8 Å². The summed E-state index contributed by atoms with van der Waals surface area (Å²) >= 11 is 1.44. The van der Waals surface area contributed by atoms with E-state index in [0.29, 0.717) is 23.4 Å². The summed E-state index contributed by atoms with van der Waals surface area (Å²) in [6.45, 7) is 0.178. The Bertz CT molecular complexity index is 475. The number of aliphatic hydroxyl groups excluding tert-OH is 1. The molecule has 2 N–H and O–H groups in total. The van der Waals surface area contributed by atoms with E-state index >= 15 is 0 Å². The first kappa shape index (κ1) is 12.9.